The van der Waals surface area contributed by atoms with E-state index < -0.39 is 0 Å². The van der Waals surface area contributed by atoms with E-state index in [2.05, 4.69) is 5.32 Å². The molecule has 4 N–H and O–H groups in total. The lowest BCUT2D eigenvalue weighted by Crippen LogP contribution is -2.41. The summed E-state index contributed by atoms with van der Waals surface area (Å²) in [6.45, 7) is 1.81. The SMILES string of the molecule is CN(C(=O)c1ccc(-c2ccc(C(=N)N)cc2)cc1)C1CCC(C(=O)OC2CCNCC2)CC1.Cl.Cl. The molecule has 7 nitrogen and oxygen atoms in total. The Bertz CT molecular complexity index is 1020. The van der Waals surface area contributed by atoms with Crippen LogP contribution in [0.3, 0.4) is 0 Å². The Morgan fingerprint density at radius 3 is 1.86 bits per heavy atom. The molecular formula is C27H36Cl2N4O3. The average molecular weight is 536 g/mol. The van der Waals surface area contributed by atoms with E-state index in [1.165, 1.54) is 0 Å². The molecule has 9 heteroatoms. The van der Waals surface area contributed by atoms with Gasteiger partial charge in [0, 0.05) is 24.2 Å². The summed E-state index contributed by atoms with van der Waals surface area (Å²) in [5, 5.41) is 10.8. The second-order valence-corrected chi connectivity index (χ2v) is 9.38. The number of nitrogens with zero attached hydrogens (tertiary/aromatic N) is 1. The van der Waals surface area contributed by atoms with Crippen LogP contribution in [0.1, 0.15) is 54.4 Å². The van der Waals surface area contributed by atoms with Crippen molar-refractivity contribution in [3.05, 3.63) is 59.7 Å². The van der Waals surface area contributed by atoms with Crippen molar-refractivity contribution >= 4 is 42.5 Å². The van der Waals surface area contributed by atoms with Crippen molar-refractivity contribution in [2.45, 2.75) is 50.7 Å². The molecule has 2 aliphatic rings. The number of carbonyl (C=O) groups is 2. The first-order chi connectivity index (χ1) is 16.4. The minimum Gasteiger partial charge on any atom is -0.462 e. The number of piperidine rings is 1. The highest BCUT2D eigenvalue weighted by Gasteiger charge is 2.32. The van der Waals surface area contributed by atoms with Crippen LogP contribution in [-0.2, 0) is 9.53 Å². The van der Waals surface area contributed by atoms with E-state index in [-0.39, 0.29) is 60.6 Å². The lowest BCUT2D eigenvalue weighted by Gasteiger charge is -2.34. The van der Waals surface area contributed by atoms with Crippen molar-refractivity contribution in [1.29, 1.82) is 5.41 Å². The molecule has 196 valence electrons. The van der Waals surface area contributed by atoms with E-state index in [1.807, 2.05) is 60.5 Å². The summed E-state index contributed by atoms with van der Waals surface area (Å²) in [5.74, 6) is -0.0722. The summed E-state index contributed by atoms with van der Waals surface area (Å²) in [5.41, 5.74) is 8.87. The molecule has 0 aromatic heterocycles. The van der Waals surface area contributed by atoms with Gasteiger partial charge in [-0.25, -0.2) is 0 Å². The summed E-state index contributed by atoms with van der Waals surface area (Å²) in [6.07, 6.45) is 4.99. The molecule has 1 saturated heterocycles. The summed E-state index contributed by atoms with van der Waals surface area (Å²) < 4.78 is 5.73. The molecule has 0 radical (unpaired) electrons. The van der Waals surface area contributed by atoms with Gasteiger partial charge in [-0.05, 0) is 74.9 Å². The molecule has 2 aromatic rings. The number of rotatable bonds is 6. The first kappa shape index (κ1) is 29.6. The second-order valence-electron chi connectivity index (χ2n) is 9.38. The fourth-order valence-corrected chi connectivity index (χ4v) is 4.89. The Hall–Kier alpha value is -2.61. The Morgan fingerprint density at radius 2 is 1.36 bits per heavy atom. The van der Waals surface area contributed by atoms with Crippen molar-refractivity contribution in [3.63, 3.8) is 0 Å². The maximum absolute atomic E-state index is 13.1. The number of hydrogen-bond acceptors (Lipinski definition) is 5. The monoisotopic (exact) mass is 534 g/mol. The zero-order valence-electron chi connectivity index (χ0n) is 20.6. The minimum absolute atomic E-state index is 0. The van der Waals surface area contributed by atoms with Gasteiger partial charge in [0.15, 0.2) is 0 Å². The Labute approximate surface area is 225 Å². The quantitative estimate of drug-likeness (QED) is 0.289. The zero-order valence-corrected chi connectivity index (χ0v) is 22.2. The van der Waals surface area contributed by atoms with Crippen molar-refractivity contribution in [2.75, 3.05) is 20.1 Å². The number of carbonyl (C=O) groups excluding carboxylic acids is 2. The summed E-state index contributed by atoms with van der Waals surface area (Å²) in [6, 6.07) is 15.2. The number of halogens is 2. The van der Waals surface area contributed by atoms with Gasteiger partial charge in [0.05, 0.1) is 5.92 Å². The molecule has 1 aliphatic carbocycles. The normalized spacial score (nSPS) is 19.8. The number of nitrogens with one attached hydrogen (secondary N) is 2. The number of benzene rings is 2. The van der Waals surface area contributed by atoms with Gasteiger partial charge in [0.25, 0.3) is 5.91 Å². The zero-order chi connectivity index (χ0) is 24.1. The van der Waals surface area contributed by atoms with E-state index in [4.69, 9.17) is 15.9 Å². The molecule has 36 heavy (non-hydrogen) atoms. The van der Waals surface area contributed by atoms with Crippen LogP contribution in [0.25, 0.3) is 11.1 Å². The van der Waals surface area contributed by atoms with Gasteiger partial charge in [-0.15, -0.1) is 24.8 Å². The number of amidine groups is 1. The molecule has 0 atom stereocenters. The smallest absolute Gasteiger partial charge is 0.309 e. The number of hydrogen-bond donors (Lipinski definition) is 3. The molecule has 1 aliphatic heterocycles. The Morgan fingerprint density at radius 1 is 0.861 bits per heavy atom. The maximum atomic E-state index is 13.1. The summed E-state index contributed by atoms with van der Waals surface area (Å²) in [7, 11) is 1.86. The van der Waals surface area contributed by atoms with Crippen molar-refractivity contribution in [2.24, 2.45) is 11.7 Å². The van der Waals surface area contributed by atoms with E-state index in [1.54, 1.807) is 0 Å². The van der Waals surface area contributed by atoms with Crippen LogP contribution in [0.4, 0.5) is 0 Å². The van der Waals surface area contributed by atoms with Gasteiger partial charge in [-0.1, -0.05) is 36.4 Å². The standard InChI is InChI=1S/C27H34N4O3.2ClH/c1-31(23-12-10-22(11-13-23)27(33)34-24-14-16-30-17-15-24)26(32)21-8-4-19(5-9-21)18-2-6-20(7-3-18)25(28)29;;/h2-9,22-24,30H,10-17H2,1H3,(H3,28,29);2*1H. The second kappa shape index (κ2) is 13.6. The van der Waals surface area contributed by atoms with Crippen LogP contribution in [-0.4, -0.2) is 54.9 Å². The van der Waals surface area contributed by atoms with Gasteiger partial charge >= 0.3 is 5.97 Å². The molecule has 2 aromatic carbocycles. The van der Waals surface area contributed by atoms with Gasteiger partial charge in [0.1, 0.15) is 11.9 Å². The molecular weight excluding hydrogens is 499 g/mol. The number of amides is 1. The van der Waals surface area contributed by atoms with Gasteiger partial charge in [-0.3, -0.25) is 15.0 Å². The highest BCUT2D eigenvalue weighted by Crippen LogP contribution is 2.30. The maximum Gasteiger partial charge on any atom is 0.309 e. The highest BCUT2D eigenvalue weighted by molar-refractivity contribution is 5.96. The van der Waals surface area contributed by atoms with Crippen LogP contribution >= 0.6 is 24.8 Å². The minimum atomic E-state index is -0.0637. The molecule has 1 heterocycles. The van der Waals surface area contributed by atoms with Crippen LogP contribution in [0.15, 0.2) is 48.5 Å². The van der Waals surface area contributed by atoms with Gasteiger partial charge in [0.2, 0.25) is 0 Å². The lowest BCUT2D eigenvalue weighted by atomic mass is 9.85. The van der Waals surface area contributed by atoms with E-state index in [0.29, 0.717) is 11.1 Å². The number of esters is 1. The number of ether oxygens (including phenoxy) is 1. The van der Waals surface area contributed by atoms with Gasteiger partial charge in [-0.2, -0.15) is 0 Å². The van der Waals surface area contributed by atoms with Crippen molar-refractivity contribution in [1.82, 2.24) is 10.2 Å². The highest BCUT2D eigenvalue weighted by atomic mass is 35.5. The fourth-order valence-electron chi connectivity index (χ4n) is 4.89. The number of nitrogens with two attached hydrogens (primary N) is 1. The molecule has 2 fully saturated rings. The fraction of sp³-hybridized carbons (Fsp3) is 0.444. The molecule has 0 unspecified atom stereocenters. The third-order valence-electron chi connectivity index (χ3n) is 7.13. The summed E-state index contributed by atoms with van der Waals surface area (Å²) >= 11 is 0. The first-order valence-electron chi connectivity index (χ1n) is 12.2. The van der Waals surface area contributed by atoms with E-state index in [9.17, 15) is 9.59 Å². The molecule has 1 amide bonds. The first-order valence-corrected chi connectivity index (χ1v) is 12.2. The van der Waals surface area contributed by atoms with Crippen LogP contribution in [0.5, 0.6) is 0 Å². The Balaban J connectivity index is 0.00000228. The molecule has 1 saturated carbocycles. The van der Waals surface area contributed by atoms with Crippen LogP contribution in [0, 0.1) is 11.3 Å². The summed E-state index contributed by atoms with van der Waals surface area (Å²) in [4.78, 5) is 27.5. The van der Waals surface area contributed by atoms with Crippen LogP contribution < -0.4 is 11.1 Å². The predicted octanol–water partition coefficient (Wildman–Crippen LogP) is 4.41. The average Bonchev–Trinajstić information content (AvgIpc) is 2.88. The topological polar surface area (TPSA) is 109 Å². The third kappa shape index (κ3) is 7.21. The van der Waals surface area contributed by atoms with Gasteiger partial charge < -0.3 is 20.7 Å². The predicted molar refractivity (Wildman–Crippen MR) is 147 cm³/mol. The Kier molecular flexibility index (Phi) is 11.2. The molecule has 4 rings (SSSR count). The van der Waals surface area contributed by atoms with E-state index >= 15 is 0 Å². The lowest BCUT2D eigenvalue weighted by molar-refractivity contribution is -0.156. The molecule has 0 bridgehead atoms. The van der Waals surface area contributed by atoms with Crippen molar-refractivity contribution in [3.8, 4) is 11.1 Å². The van der Waals surface area contributed by atoms with Crippen molar-refractivity contribution < 1.29 is 14.3 Å². The molecule has 0 spiro atoms. The number of nitrogen functional groups attached to an aromatic ring is 1. The van der Waals surface area contributed by atoms with Crippen LogP contribution in [0.2, 0.25) is 0 Å². The third-order valence-corrected chi connectivity index (χ3v) is 7.13. The largest absolute Gasteiger partial charge is 0.462 e. The van der Waals surface area contributed by atoms with E-state index in [0.717, 1.165) is 62.7 Å².